The van der Waals surface area contributed by atoms with Crippen LogP contribution in [0.25, 0.3) is 11.0 Å². The molecule has 2 N–H and O–H groups in total. The molecule has 18 heavy (non-hydrogen) atoms. The van der Waals surface area contributed by atoms with Crippen LogP contribution in [0.5, 0.6) is 0 Å². The van der Waals surface area contributed by atoms with Crippen molar-refractivity contribution in [2.45, 2.75) is 5.88 Å². The van der Waals surface area contributed by atoms with Gasteiger partial charge >= 0.3 is 0 Å². The van der Waals surface area contributed by atoms with Gasteiger partial charge in [0.05, 0.1) is 11.0 Å². The number of nitrogens with zero attached hydrogens (tertiary/aromatic N) is 1. The second-order valence-corrected chi connectivity index (χ2v) is 4.33. The summed E-state index contributed by atoms with van der Waals surface area (Å²) >= 11 is 5.75. The summed E-state index contributed by atoms with van der Waals surface area (Å²) in [6.45, 7) is 0. The van der Waals surface area contributed by atoms with E-state index in [1.165, 1.54) is 0 Å². The Kier molecular flexibility index (Phi) is 2.90. The minimum Gasteiger partial charge on any atom is -0.326 e. The first-order valence-corrected chi connectivity index (χ1v) is 6.25. The molecule has 0 bridgehead atoms. The number of halogens is 1. The van der Waals surface area contributed by atoms with Crippen molar-refractivity contribution in [1.29, 1.82) is 0 Å². The number of aromatic nitrogens is 2. The first kappa shape index (κ1) is 11.1. The molecule has 0 saturated heterocycles. The molecule has 0 aliphatic carbocycles. The summed E-state index contributed by atoms with van der Waals surface area (Å²) in [7, 11) is 0. The highest BCUT2D eigenvalue weighted by Gasteiger charge is 2.01. The number of alkyl halides is 1. The van der Waals surface area contributed by atoms with Crippen molar-refractivity contribution in [3.8, 4) is 0 Å². The third kappa shape index (κ3) is 2.17. The third-order valence-corrected chi connectivity index (χ3v) is 3.07. The number of benzene rings is 2. The van der Waals surface area contributed by atoms with Crippen molar-refractivity contribution < 1.29 is 0 Å². The highest BCUT2D eigenvalue weighted by molar-refractivity contribution is 6.17. The number of para-hydroxylation sites is 2. The van der Waals surface area contributed by atoms with Gasteiger partial charge in [-0.1, -0.05) is 24.3 Å². The maximum Gasteiger partial charge on any atom is 0.205 e. The zero-order valence-electron chi connectivity index (χ0n) is 9.65. The smallest absolute Gasteiger partial charge is 0.205 e. The molecule has 4 heteroatoms. The molecule has 0 aliphatic heterocycles. The first-order valence-electron chi connectivity index (χ1n) is 5.72. The SMILES string of the molecule is ClCc1ccc(Nc2nc3ccccc3[nH]2)cc1. The van der Waals surface area contributed by atoms with Crippen molar-refractivity contribution in [1.82, 2.24) is 9.97 Å². The maximum absolute atomic E-state index is 5.75. The number of fused-ring (bicyclic) bond motifs is 1. The highest BCUT2D eigenvalue weighted by Crippen LogP contribution is 2.18. The molecule has 0 amide bonds. The summed E-state index contributed by atoms with van der Waals surface area (Å²) in [6.07, 6.45) is 0. The number of hydrogen-bond donors (Lipinski definition) is 2. The van der Waals surface area contributed by atoms with Gasteiger partial charge in [-0.15, -0.1) is 11.6 Å². The van der Waals surface area contributed by atoms with Gasteiger partial charge in [0.15, 0.2) is 0 Å². The van der Waals surface area contributed by atoms with E-state index >= 15 is 0 Å². The minimum atomic E-state index is 0.533. The van der Waals surface area contributed by atoms with Crippen LogP contribution in [0, 0.1) is 0 Å². The lowest BCUT2D eigenvalue weighted by atomic mass is 10.2. The van der Waals surface area contributed by atoms with Gasteiger partial charge in [-0.05, 0) is 29.8 Å². The van der Waals surface area contributed by atoms with E-state index in [1.54, 1.807) is 0 Å². The minimum absolute atomic E-state index is 0.533. The van der Waals surface area contributed by atoms with Gasteiger partial charge in [-0.3, -0.25) is 0 Å². The van der Waals surface area contributed by atoms with Gasteiger partial charge in [0, 0.05) is 11.6 Å². The molecular formula is C14H12ClN3. The van der Waals surface area contributed by atoms with Gasteiger partial charge < -0.3 is 10.3 Å². The van der Waals surface area contributed by atoms with Crippen molar-refractivity contribution in [3.05, 3.63) is 54.1 Å². The fraction of sp³-hybridized carbons (Fsp3) is 0.0714. The number of rotatable bonds is 3. The Morgan fingerprint density at radius 1 is 1.06 bits per heavy atom. The van der Waals surface area contributed by atoms with Crippen LogP contribution in [0.3, 0.4) is 0 Å². The molecule has 0 unspecified atom stereocenters. The van der Waals surface area contributed by atoms with Crippen molar-refractivity contribution in [2.24, 2.45) is 0 Å². The monoisotopic (exact) mass is 257 g/mol. The molecular weight excluding hydrogens is 246 g/mol. The molecule has 0 atom stereocenters. The van der Waals surface area contributed by atoms with Crippen molar-refractivity contribution >= 4 is 34.3 Å². The first-order chi connectivity index (χ1) is 8.85. The topological polar surface area (TPSA) is 40.7 Å². The van der Waals surface area contributed by atoms with E-state index in [4.69, 9.17) is 11.6 Å². The Hall–Kier alpha value is -2.00. The Labute approximate surface area is 110 Å². The number of imidazole rings is 1. The highest BCUT2D eigenvalue weighted by atomic mass is 35.5. The van der Waals surface area contributed by atoms with Crippen LogP contribution in [-0.4, -0.2) is 9.97 Å². The number of aromatic amines is 1. The van der Waals surface area contributed by atoms with Gasteiger partial charge in [-0.2, -0.15) is 0 Å². The summed E-state index contributed by atoms with van der Waals surface area (Å²) in [5, 5.41) is 3.23. The molecule has 3 aromatic rings. The molecule has 0 fully saturated rings. The Bertz CT molecular complexity index is 625. The Balaban J connectivity index is 1.86. The quantitative estimate of drug-likeness (QED) is 0.695. The van der Waals surface area contributed by atoms with Crippen LogP contribution in [0.15, 0.2) is 48.5 Å². The standard InChI is InChI=1S/C14H12ClN3/c15-9-10-5-7-11(8-6-10)16-14-17-12-3-1-2-4-13(12)18-14/h1-8H,9H2,(H2,16,17,18). The zero-order chi connectivity index (χ0) is 12.4. The average Bonchev–Trinajstić information content (AvgIpc) is 2.82. The second kappa shape index (κ2) is 4.70. The predicted octanol–water partition coefficient (Wildman–Crippen LogP) is 4.05. The fourth-order valence-corrected chi connectivity index (χ4v) is 2.00. The number of hydrogen-bond acceptors (Lipinski definition) is 2. The number of H-pyrrole nitrogens is 1. The van der Waals surface area contributed by atoms with E-state index in [0.29, 0.717) is 5.88 Å². The van der Waals surface area contributed by atoms with Crippen LogP contribution in [0.2, 0.25) is 0 Å². The van der Waals surface area contributed by atoms with Crippen LogP contribution in [0.1, 0.15) is 5.56 Å². The lowest BCUT2D eigenvalue weighted by Gasteiger charge is -2.03. The van der Waals surface area contributed by atoms with Gasteiger partial charge in [0.1, 0.15) is 0 Å². The molecule has 0 radical (unpaired) electrons. The summed E-state index contributed by atoms with van der Waals surface area (Å²) in [5.41, 5.74) is 4.07. The molecule has 0 saturated carbocycles. The molecule has 0 spiro atoms. The summed E-state index contributed by atoms with van der Waals surface area (Å²) < 4.78 is 0. The van der Waals surface area contributed by atoms with E-state index in [1.807, 2.05) is 48.5 Å². The molecule has 3 nitrogen and oxygen atoms in total. The average molecular weight is 258 g/mol. The Morgan fingerprint density at radius 2 is 1.83 bits per heavy atom. The van der Waals surface area contributed by atoms with E-state index in [2.05, 4.69) is 15.3 Å². The third-order valence-electron chi connectivity index (χ3n) is 2.76. The fourth-order valence-electron chi connectivity index (χ4n) is 1.83. The van der Waals surface area contributed by atoms with Crippen molar-refractivity contribution in [2.75, 3.05) is 5.32 Å². The second-order valence-electron chi connectivity index (χ2n) is 4.06. The largest absolute Gasteiger partial charge is 0.326 e. The molecule has 1 aromatic heterocycles. The lowest BCUT2D eigenvalue weighted by molar-refractivity contribution is 1.30. The number of anilines is 2. The van der Waals surface area contributed by atoms with Crippen LogP contribution < -0.4 is 5.32 Å². The molecule has 0 aliphatic rings. The number of nitrogens with one attached hydrogen (secondary N) is 2. The summed E-state index contributed by atoms with van der Waals surface area (Å²) in [6, 6.07) is 15.9. The predicted molar refractivity (Wildman–Crippen MR) is 75.4 cm³/mol. The molecule has 3 rings (SSSR count). The normalized spacial score (nSPS) is 10.7. The van der Waals surface area contributed by atoms with E-state index < -0.39 is 0 Å². The van der Waals surface area contributed by atoms with Gasteiger partial charge in [0.2, 0.25) is 5.95 Å². The van der Waals surface area contributed by atoms with Crippen LogP contribution in [0.4, 0.5) is 11.6 Å². The van der Waals surface area contributed by atoms with Gasteiger partial charge in [-0.25, -0.2) is 4.98 Å². The Morgan fingerprint density at radius 3 is 2.56 bits per heavy atom. The lowest BCUT2D eigenvalue weighted by Crippen LogP contribution is -1.92. The molecule has 1 heterocycles. The van der Waals surface area contributed by atoms with E-state index in [-0.39, 0.29) is 0 Å². The molecule has 90 valence electrons. The van der Waals surface area contributed by atoms with Crippen LogP contribution in [-0.2, 0) is 5.88 Å². The zero-order valence-corrected chi connectivity index (χ0v) is 10.4. The van der Waals surface area contributed by atoms with Gasteiger partial charge in [0.25, 0.3) is 0 Å². The van der Waals surface area contributed by atoms with Crippen molar-refractivity contribution in [3.63, 3.8) is 0 Å². The summed E-state index contributed by atoms with van der Waals surface area (Å²) in [4.78, 5) is 7.68. The molecule has 2 aromatic carbocycles. The van der Waals surface area contributed by atoms with E-state index in [0.717, 1.165) is 28.2 Å². The summed E-state index contributed by atoms with van der Waals surface area (Å²) in [5.74, 6) is 1.28. The van der Waals surface area contributed by atoms with E-state index in [9.17, 15) is 0 Å². The maximum atomic E-state index is 5.75. The van der Waals surface area contributed by atoms with Crippen LogP contribution >= 0.6 is 11.6 Å².